The van der Waals surface area contributed by atoms with Crippen LogP contribution in [-0.4, -0.2) is 29.4 Å². The second kappa shape index (κ2) is 5.05. The highest BCUT2D eigenvalue weighted by Gasteiger charge is 2.12. The van der Waals surface area contributed by atoms with Gasteiger partial charge in [-0.3, -0.25) is 4.68 Å². The summed E-state index contributed by atoms with van der Waals surface area (Å²) < 4.78 is 9.30. The number of aromatic nitrogens is 6. The highest BCUT2D eigenvalue weighted by molar-refractivity contribution is 5.88. The third-order valence-corrected chi connectivity index (χ3v) is 3.87. The predicted molar refractivity (Wildman–Crippen MR) is 85.3 cm³/mol. The molecule has 0 amide bonds. The summed E-state index contributed by atoms with van der Waals surface area (Å²) in [5.41, 5.74) is 3.73. The van der Waals surface area contributed by atoms with Crippen molar-refractivity contribution < 1.29 is 4.74 Å². The lowest BCUT2D eigenvalue weighted by Crippen LogP contribution is -2.01. The molecule has 4 aromatic rings. The first-order chi connectivity index (χ1) is 11.1. The third kappa shape index (κ3) is 2.21. The fourth-order valence-corrected chi connectivity index (χ4v) is 2.71. The van der Waals surface area contributed by atoms with Gasteiger partial charge in [-0.2, -0.15) is 5.10 Å². The molecular weight excluding hydrogens is 292 g/mol. The number of aryl methyl sites for hydroxylation is 3. The number of benzene rings is 1. The van der Waals surface area contributed by atoms with Gasteiger partial charge in [0.15, 0.2) is 17.1 Å². The van der Waals surface area contributed by atoms with E-state index in [0.717, 1.165) is 33.6 Å². The molecule has 116 valence electrons. The quantitative estimate of drug-likeness (QED) is 0.580. The van der Waals surface area contributed by atoms with Gasteiger partial charge < -0.3 is 4.74 Å². The fraction of sp³-hybridized carbons (Fsp3) is 0.250. The van der Waals surface area contributed by atoms with E-state index in [4.69, 9.17) is 4.74 Å². The van der Waals surface area contributed by atoms with Crippen molar-refractivity contribution in [2.45, 2.75) is 20.5 Å². The molecule has 0 atom stereocenters. The zero-order chi connectivity index (χ0) is 16.0. The number of nitrogens with zero attached hydrogens (tertiary/aromatic N) is 6. The molecular formula is C16H16N6O. The Morgan fingerprint density at radius 3 is 2.70 bits per heavy atom. The van der Waals surface area contributed by atoms with E-state index in [2.05, 4.69) is 20.2 Å². The highest BCUT2D eigenvalue weighted by atomic mass is 16.5. The Bertz CT molecular complexity index is 996. The van der Waals surface area contributed by atoms with Crippen LogP contribution in [0.4, 0.5) is 0 Å². The third-order valence-electron chi connectivity index (χ3n) is 3.87. The monoisotopic (exact) mass is 308 g/mol. The molecule has 23 heavy (non-hydrogen) atoms. The second-order valence-electron chi connectivity index (χ2n) is 5.56. The Morgan fingerprint density at radius 2 is 1.91 bits per heavy atom. The molecule has 0 aliphatic rings. The van der Waals surface area contributed by atoms with Crippen LogP contribution in [0.2, 0.25) is 0 Å². The molecule has 0 bridgehead atoms. The first-order valence-corrected chi connectivity index (χ1v) is 7.34. The van der Waals surface area contributed by atoms with E-state index in [-0.39, 0.29) is 0 Å². The Balaban J connectivity index is 1.68. The Hall–Kier alpha value is -2.96. The van der Waals surface area contributed by atoms with Crippen LogP contribution >= 0.6 is 0 Å². The molecule has 7 nitrogen and oxygen atoms in total. The largest absolute Gasteiger partial charge is 0.485 e. The number of hydrogen-bond acceptors (Lipinski definition) is 5. The molecule has 3 aromatic heterocycles. The average molecular weight is 308 g/mol. The van der Waals surface area contributed by atoms with Gasteiger partial charge in [-0.1, -0.05) is 18.2 Å². The van der Waals surface area contributed by atoms with Crippen molar-refractivity contribution in [3.63, 3.8) is 0 Å². The second-order valence-corrected chi connectivity index (χ2v) is 5.56. The van der Waals surface area contributed by atoms with E-state index in [0.29, 0.717) is 12.4 Å². The number of rotatable bonds is 3. The topological polar surface area (TPSA) is 70.1 Å². The lowest BCUT2D eigenvalue weighted by molar-refractivity contribution is 0.292. The maximum atomic E-state index is 5.92. The molecule has 0 spiro atoms. The van der Waals surface area contributed by atoms with Gasteiger partial charge in [-0.05, 0) is 25.0 Å². The number of fused-ring (bicyclic) bond motifs is 3. The van der Waals surface area contributed by atoms with Crippen molar-refractivity contribution in [1.29, 1.82) is 0 Å². The van der Waals surface area contributed by atoms with Crippen molar-refractivity contribution in [3.05, 3.63) is 47.7 Å². The van der Waals surface area contributed by atoms with Crippen molar-refractivity contribution in [3.8, 4) is 5.75 Å². The van der Waals surface area contributed by atoms with Gasteiger partial charge in [0.05, 0.1) is 11.6 Å². The van der Waals surface area contributed by atoms with Gasteiger partial charge in [0.1, 0.15) is 18.7 Å². The molecule has 1 aromatic carbocycles. The lowest BCUT2D eigenvalue weighted by atomic mass is 10.1. The van der Waals surface area contributed by atoms with Gasteiger partial charge in [0, 0.05) is 7.05 Å². The first kappa shape index (κ1) is 13.7. The van der Waals surface area contributed by atoms with Crippen LogP contribution in [0, 0.1) is 13.8 Å². The van der Waals surface area contributed by atoms with Crippen molar-refractivity contribution in [2.75, 3.05) is 0 Å². The summed E-state index contributed by atoms with van der Waals surface area (Å²) in [5, 5.41) is 9.52. The van der Waals surface area contributed by atoms with Crippen molar-refractivity contribution in [2.24, 2.45) is 7.05 Å². The summed E-state index contributed by atoms with van der Waals surface area (Å²) in [5.74, 6) is 1.50. The molecule has 0 fully saturated rings. The summed E-state index contributed by atoms with van der Waals surface area (Å²) >= 11 is 0. The molecule has 0 saturated heterocycles. The smallest absolute Gasteiger partial charge is 0.189 e. The van der Waals surface area contributed by atoms with E-state index in [1.54, 1.807) is 21.7 Å². The zero-order valence-corrected chi connectivity index (χ0v) is 13.2. The molecule has 4 rings (SSSR count). The highest BCUT2D eigenvalue weighted by Crippen LogP contribution is 2.23. The Morgan fingerprint density at radius 1 is 1.13 bits per heavy atom. The molecule has 7 heteroatoms. The SMILES string of the molecule is Cc1cccc(C)c1OCc1nc2c3cnn(C)c3ncn2n1. The summed E-state index contributed by atoms with van der Waals surface area (Å²) in [6, 6.07) is 6.08. The lowest BCUT2D eigenvalue weighted by Gasteiger charge is -2.09. The van der Waals surface area contributed by atoms with Gasteiger partial charge in [0.25, 0.3) is 0 Å². The molecule has 0 aliphatic heterocycles. The number of hydrogen-bond donors (Lipinski definition) is 0. The van der Waals surface area contributed by atoms with Gasteiger partial charge in [0.2, 0.25) is 0 Å². The summed E-state index contributed by atoms with van der Waals surface area (Å²) in [6.07, 6.45) is 3.40. The number of para-hydroxylation sites is 1. The normalized spacial score (nSPS) is 11.4. The predicted octanol–water partition coefficient (Wildman–Crippen LogP) is 2.21. The van der Waals surface area contributed by atoms with E-state index >= 15 is 0 Å². The molecule has 0 unspecified atom stereocenters. The molecule has 3 heterocycles. The molecule has 0 saturated carbocycles. The molecule has 0 radical (unpaired) electrons. The minimum Gasteiger partial charge on any atom is -0.485 e. The van der Waals surface area contributed by atoms with E-state index in [9.17, 15) is 0 Å². The molecule has 0 aliphatic carbocycles. The average Bonchev–Trinajstić information content (AvgIpc) is 3.10. The van der Waals surface area contributed by atoms with Crippen LogP contribution in [0.3, 0.4) is 0 Å². The zero-order valence-electron chi connectivity index (χ0n) is 13.2. The standard InChI is InChI=1S/C16H16N6O/c1-10-5-4-6-11(2)14(10)23-8-13-19-16-12-7-18-21(3)15(12)17-9-22(16)20-13/h4-7,9H,8H2,1-3H3. The summed E-state index contributed by atoms with van der Waals surface area (Å²) in [6.45, 7) is 4.38. The summed E-state index contributed by atoms with van der Waals surface area (Å²) in [4.78, 5) is 8.91. The van der Waals surface area contributed by atoms with Gasteiger partial charge in [-0.25, -0.2) is 14.5 Å². The Kier molecular flexibility index (Phi) is 3.00. The van der Waals surface area contributed by atoms with Crippen LogP contribution in [0.5, 0.6) is 5.75 Å². The van der Waals surface area contributed by atoms with Gasteiger partial charge in [-0.15, -0.1) is 5.10 Å². The fourth-order valence-electron chi connectivity index (χ4n) is 2.71. The van der Waals surface area contributed by atoms with Crippen LogP contribution in [-0.2, 0) is 13.7 Å². The minimum absolute atomic E-state index is 0.315. The van der Waals surface area contributed by atoms with Crippen molar-refractivity contribution >= 4 is 16.7 Å². The van der Waals surface area contributed by atoms with Crippen molar-refractivity contribution in [1.82, 2.24) is 29.4 Å². The van der Waals surface area contributed by atoms with E-state index < -0.39 is 0 Å². The number of ether oxygens (including phenoxy) is 1. The maximum Gasteiger partial charge on any atom is 0.189 e. The van der Waals surface area contributed by atoms with Crippen LogP contribution in [0.15, 0.2) is 30.7 Å². The van der Waals surface area contributed by atoms with Crippen LogP contribution in [0.25, 0.3) is 16.7 Å². The van der Waals surface area contributed by atoms with Gasteiger partial charge >= 0.3 is 0 Å². The van der Waals surface area contributed by atoms with Crippen LogP contribution < -0.4 is 4.74 Å². The van der Waals surface area contributed by atoms with E-state index in [1.165, 1.54) is 0 Å². The Labute approximate surface area is 132 Å². The first-order valence-electron chi connectivity index (χ1n) is 7.34. The van der Waals surface area contributed by atoms with Crippen LogP contribution in [0.1, 0.15) is 17.0 Å². The van der Waals surface area contributed by atoms with E-state index in [1.807, 2.05) is 39.1 Å². The maximum absolute atomic E-state index is 5.92. The summed E-state index contributed by atoms with van der Waals surface area (Å²) in [7, 11) is 1.85. The minimum atomic E-state index is 0.315. The molecule has 0 N–H and O–H groups in total.